The largest absolute Gasteiger partial charge is 0.463 e. The first-order valence-corrected chi connectivity index (χ1v) is 9.27. The Morgan fingerprint density at radius 1 is 1.32 bits per heavy atom. The van der Waals surface area contributed by atoms with E-state index in [1.807, 2.05) is 6.07 Å². The maximum atomic E-state index is 12.2. The molecule has 3 heterocycles. The Balaban J connectivity index is 1.41. The molecule has 1 amide bonds. The quantitative estimate of drug-likeness (QED) is 0.784. The highest BCUT2D eigenvalue weighted by molar-refractivity contribution is 5.86. The number of nitrogens with zero attached hydrogens (tertiary/aromatic N) is 2. The lowest BCUT2D eigenvalue weighted by Gasteiger charge is -2.48. The fourth-order valence-electron chi connectivity index (χ4n) is 4.44. The van der Waals surface area contributed by atoms with Crippen molar-refractivity contribution in [3.05, 3.63) is 23.7 Å². The first kappa shape index (κ1) is 16.6. The van der Waals surface area contributed by atoms with Gasteiger partial charge in [-0.3, -0.25) is 9.69 Å². The smallest absolute Gasteiger partial charge is 0.373 e. The second kappa shape index (κ2) is 6.48. The third-order valence-electron chi connectivity index (χ3n) is 5.85. The molecule has 1 aromatic rings. The summed E-state index contributed by atoms with van der Waals surface area (Å²) >= 11 is 0. The van der Waals surface area contributed by atoms with Crippen LogP contribution in [0.5, 0.6) is 0 Å². The monoisotopic (exact) mass is 346 g/mol. The molecule has 1 spiro atoms. The van der Waals surface area contributed by atoms with Crippen LogP contribution in [0.15, 0.2) is 16.5 Å². The normalized spacial score (nSPS) is 27.7. The third kappa shape index (κ3) is 3.45. The molecule has 1 atom stereocenters. The third-order valence-corrected chi connectivity index (χ3v) is 5.85. The second-order valence-corrected chi connectivity index (χ2v) is 7.82. The van der Waals surface area contributed by atoms with Gasteiger partial charge in [0.1, 0.15) is 5.76 Å². The zero-order valence-corrected chi connectivity index (χ0v) is 14.8. The van der Waals surface area contributed by atoms with Crippen LogP contribution in [-0.2, 0) is 16.1 Å². The van der Waals surface area contributed by atoms with Gasteiger partial charge < -0.3 is 14.1 Å². The number of likely N-dealkylation sites (tertiary alicyclic amines) is 2. The lowest BCUT2D eigenvalue weighted by molar-refractivity contribution is -0.140. The number of piperidine rings is 2. The lowest BCUT2D eigenvalue weighted by atomic mass is 9.73. The average molecular weight is 346 g/mol. The van der Waals surface area contributed by atoms with Crippen molar-refractivity contribution in [2.24, 2.45) is 5.41 Å². The van der Waals surface area contributed by atoms with Gasteiger partial charge in [0.25, 0.3) is 0 Å². The van der Waals surface area contributed by atoms with E-state index < -0.39 is 5.97 Å². The van der Waals surface area contributed by atoms with Crippen molar-refractivity contribution >= 4 is 11.9 Å². The highest BCUT2D eigenvalue weighted by Crippen LogP contribution is 2.42. The van der Waals surface area contributed by atoms with E-state index in [2.05, 4.69) is 9.80 Å². The summed E-state index contributed by atoms with van der Waals surface area (Å²) in [6.07, 6.45) is 6.39. The standard InChI is InChI=1S/C19H26N2O4/c1-24-18(23)16-6-5-15(25-16)11-20-10-2-8-19(12-20)9-7-17(22)21(13-19)14-3-4-14/h5-6,14H,2-4,7-13H2,1H3/t19-/m0/s1. The van der Waals surface area contributed by atoms with Gasteiger partial charge in [0, 0.05) is 31.0 Å². The Hall–Kier alpha value is -1.82. The molecule has 1 aliphatic carbocycles. The van der Waals surface area contributed by atoms with E-state index in [1.165, 1.54) is 26.4 Å². The minimum Gasteiger partial charge on any atom is -0.463 e. The van der Waals surface area contributed by atoms with E-state index in [9.17, 15) is 9.59 Å². The van der Waals surface area contributed by atoms with Gasteiger partial charge in [-0.15, -0.1) is 0 Å². The summed E-state index contributed by atoms with van der Waals surface area (Å²) in [5.74, 6) is 0.960. The van der Waals surface area contributed by atoms with E-state index in [0.29, 0.717) is 24.9 Å². The van der Waals surface area contributed by atoms with Crippen molar-refractivity contribution in [1.82, 2.24) is 9.80 Å². The van der Waals surface area contributed by atoms with Crippen LogP contribution in [0.4, 0.5) is 0 Å². The van der Waals surface area contributed by atoms with Crippen LogP contribution >= 0.6 is 0 Å². The summed E-state index contributed by atoms with van der Waals surface area (Å²) in [6.45, 7) is 3.65. The van der Waals surface area contributed by atoms with Crippen molar-refractivity contribution in [3.63, 3.8) is 0 Å². The second-order valence-electron chi connectivity index (χ2n) is 7.82. The first-order chi connectivity index (χ1) is 12.1. The highest BCUT2D eigenvalue weighted by atomic mass is 16.5. The summed E-state index contributed by atoms with van der Waals surface area (Å²) < 4.78 is 10.3. The van der Waals surface area contributed by atoms with Crippen molar-refractivity contribution in [3.8, 4) is 0 Å². The maximum Gasteiger partial charge on any atom is 0.373 e. The van der Waals surface area contributed by atoms with Crippen LogP contribution in [0.1, 0.15) is 54.8 Å². The molecule has 1 saturated carbocycles. The first-order valence-electron chi connectivity index (χ1n) is 9.27. The van der Waals surface area contributed by atoms with Crippen LogP contribution in [-0.4, -0.2) is 54.5 Å². The molecule has 25 heavy (non-hydrogen) atoms. The molecule has 3 fully saturated rings. The Kier molecular flexibility index (Phi) is 4.31. The zero-order chi connectivity index (χ0) is 17.4. The van der Waals surface area contributed by atoms with E-state index >= 15 is 0 Å². The van der Waals surface area contributed by atoms with Crippen LogP contribution < -0.4 is 0 Å². The molecule has 4 rings (SSSR count). The number of methoxy groups -OCH3 is 1. The number of hydrogen-bond acceptors (Lipinski definition) is 5. The molecule has 1 aromatic heterocycles. The van der Waals surface area contributed by atoms with Crippen molar-refractivity contribution in [1.29, 1.82) is 0 Å². The van der Waals surface area contributed by atoms with Gasteiger partial charge in [0.05, 0.1) is 13.7 Å². The minimum absolute atomic E-state index is 0.229. The van der Waals surface area contributed by atoms with E-state index in [1.54, 1.807) is 6.07 Å². The molecule has 0 radical (unpaired) electrons. The van der Waals surface area contributed by atoms with Crippen LogP contribution in [0, 0.1) is 5.41 Å². The predicted molar refractivity (Wildman–Crippen MR) is 91.0 cm³/mol. The van der Waals surface area contributed by atoms with Crippen LogP contribution in [0.3, 0.4) is 0 Å². The number of carbonyl (C=O) groups excluding carboxylic acids is 2. The van der Waals surface area contributed by atoms with Gasteiger partial charge >= 0.3 is 5.97 Å². The topological polar surface area (TPSA) is 63.0 Å². The van der Waals surface area contributed by atoms with E-state index in [0.717, 1.165) is 38.2 Å². The van der Waals surface area contributed by atoms with Gasteiger partial charge in [-0.05, 0) is 50.8 Å². The Bertz CT molecular complexity index is 666. The summed E-state index contributed by atoms with van der Waals surface area (Å²) in [4.78, 5) is 28.3. The van der Waals surface area contributed by atoms with Gasteiger partial charge in [-0.2, -0.15) is 0 Å². The Morgan fingerprint density at radius 2 is 2.16 bits per heavy atom. The summed E-state index contributed by atoms with van der Waals surface area (Å²) in [6, 6.07) is 4.04. The van der Waals surface area contributed by atoms with Crippen molar-refractivity contribution in [2.75, 3.05) is 26.7 Å². The number of amides is 1. The number of furan rings is 1. The summed E-state index contributed by atoms with van der Waals surface area (Å²) in [7, 11) is 1.36. The number of ether oxygens (including phenoxy) is 1. The van der Waals surface area contributed by atoms with Gasteiger partial charge in [0.15, 0.2) is 0 Å². The Labute approximate surface area is 148 Å². The molecule has 0 bridgehead atoms. The van der Waals surface area contributed by atoms with Crippen molar-refractivity contribution < 1.29 is 18.7 Å². The summed E-state index contributed by atoms with van der Waals surface area (Å²) in [5, 5.41) is 0. The molecule has 6 heteroatoms. The van der Waals surface area contributed by atoms with Gasteiger partial charge in [0.2, 0.25) is 11.7 Å². The molecule has 2 saturated heterocycles. The predicted octanol–water partition coefficient (Wildman–Crippen LogP) is 2.43. The van der Waals surface area contributed by atoms with E-state index in [-0.39, 0.29) is 11.2 Å². The number of esters is 1. The SMILES string of the molecule is COC(=O)c1ccc(CN2CCC[C@]3(CCC(=O)N(C4CC4)C3)C2)o1. The lowest BCUT2D eigenvalue weighted by Crippen LogP contribution is -2.54. The zero-order valence-electron chi connectivity index (χ0n) is 14.8. The molecule has 3 aliphatic rings. The Morgan fingerprint density at radius 3 is 2.92 bits per heavy atom. The summed E-state index contributed by atoms with van der Waals surface area (Å²) in [5.41, 5.74) is 0.229. The maximum absolute atomic E-state index is 12.2. The molecule has 0 unspecified atom stereocenters. The van der Waals surface area contributed by atoms with Crippen molar-refractivity contribution in [2.45, 2.75) is 51.1 Å². The number of hydrogen-bond donors (Lipinski definition) is 0. The molecule has 0 aromatic carbocycles. The fourth-order valence-corrected chi connectivity index (χ4v) is 4.44. The molecule has 136 valence electrons. The molecular weight excluding hydrogens is 320 g/mol. The van der Waals surface area contributed by atoms with Crippen LogP contribution in [0.25, 0.3) is 0 Å². The van der Waals surface area contributed by atoms with E-state index in [4.69, 9.17) is 9.15 Å². The average Bonchev–Trinajstić information content (AvgIpc) is 3.36. The molecule has 2 aliphatic heterocycles. The minimum atomic E-state index is -0.438. The van der Waals surface area contributed by atoms with Gasteiger partial charge in [-0.1, -0.05) is 0 Å². The van der Waals surface area contributed by atoms with Crippen LogP contribution in [0.2, 0.25) is 0 Å². The molecule has 0 N–H and O–H groups in total. The fraction of sp³-hybridized carbons (Fsp3) is 0.684. The van der Waals surface area contributed by atoms with Gasteiger partial charge in [-0.25, -0.2) is 4.79 Å². The number of carbonyl (C=O) groups is 2. The number of rotatable bonds is 4. The molecular formula is C19H26N2O4. The molecule has 6 nitrogen and oxygen atoms in total. The highest BCUT2D eigenvalue weighted by Gasteiger charge is 2.45.